The molecule has 0 radical (unpaired) electrons. The van der Waals surface area contributed by atoms with E-state index in [1.54, 1.807) is 17.5 Å². The van der Waals surface area contributed by atoms with Gasteiger partial charge in [0.2, 0.25) is 5.91 Å². The summed E-state index contributed by atoms with van der Waals surface area (Å²) in [6.45, 7) is 4.55. The molecule has 3 aromatic rings. The monoisotopic (exact) mass is 440 g/mol. The minimum Gasteiger partial charge on any atom is -0.354 e. The van der Waals surface area contributed by atoms with Gasteiger partial charge in [-0.1, -0.05) is 44.2 Å². The second-order valence-electron chi connectivity index (χ2n) is 7.52. The summed E-state index contributed by atoms with van der Waals surface area (Å²) in [6.07, 6.45) is 0.376. The molecule has 0 bridgehead atoms. The summed E-state index contributed by atoms with van der Waals surface area (Å²) in [5.41, 5.74) is 1.83. The molecule has 0 saturated heterocycles. The summed E-state index contributed by atoms with van der Waals surface area (Å²) in [4.78, 5) is 29.8. The number of hydrogen-bond acceptors (Lipinski definition) is 5. The number of nitrogens with zero attached hydrogens (tertiary/aromatic N) is 1. The van der Waals surface area contributed by atoms with Crippen molar-refractivity contribution in [2.75, 3.05) is 11.9 Å². The normalized spacial score (nSPS) is 11.7. The first-order valence-electron chi connectivity index (χ1n) is 10.0. The van der Waals surface area contributed by atoms with Crippen LogP contribution in [-0.4, -0.2) is 29.4 Å². The molecule has 0 fully saturated rings. The number of nitrogens with one attached hydrogen (secondary N) is 3. The maximum absolute atomic E-state index is 13.1. The second-order valence-corrected chi connectivity index (χ2v) is 8.38. The number of benzene rings is 2. The molecule has 0 unspecified atom stereocenters. The smallest absolute Gasteiger partial charge is 0.271 e. The van der Waals surface area contributed by atoms with Crippen molar-refractivity contribution in [2.24, 2.45) is 5.92 Å². The van der Waals surface area contributed by atoms with Crippen LogP contribution in [0.1, 0.15) is 29.9 Å². The first kappa shape index (κ1) is 22.4. The van der Waals surface area contributed by atoms with E-state index in [2.05, 4.69) is 20.9 Å². The third kappa shape index (κ3) is 6.89. The third-order valence-electron chi connectivity index (χ3n) is 4.42. The summed E-state index contributed by atoms with van der Waals surface area (Å²) < 4.78 is 13.1. The molecule has 0 aliphatic heterocycles. The van der Waals surface area contributed by atoms with Gasteiger partial charge in [0.25, 0.3) is 5.91 Å². The number of hydrogen-bond donors (Lipinski definition) is 3. The highest BCUT2D eigenvalue weighted by Crippen LogP contribution is 2.21. The Hall–Kier alpha value is -3.26. The van der Waals surface area contributed by atoms with Gasteiger partial charge in [0.1, 0.15) is 17.6 Å². The Kier molecular flexibility index (Phi) is 7.72. The molecule has 8 heteroatoms. The van der Waals surface area contributed by atoms with Crippen LogP contribution >= 0.6 is 11.3 Å². The minimum absolute atomic E-state index is 0.212. The van der Waals surface area contributed by atoms with Crippen molar-refractivity contribution in [3.05, 3.63) is 77.1 Å². The molecule has 6 nitrogen and oxygen atoms in total. The lowest BCUT2D eigenvalue weighted by Crippen LogP contribution is -2.48. The Morgan fingerprint density at radius 3 is 2.45 bits per heavy atom. The van der Waals surface area contributed by atoms with Gasteiger partial charge >= 0.3 is 0 Å². The molecule has 162 valence electrons. The molecule has 0 aliphatic rings. The second kappa shape index (κ2) is 10.7. The number of amides is 2. The highest BCUT2D eigenvalue weighted by atomic mass is 32.1. The van der Waals surface area contributed by atoms with Gasteiger partial charge in [-0.25, -0.2) is 9.37 Å². The number of anilines is 2. The maximum Gasteiger partial charge on any atom is 0.271 e. The van der Waals surface area contributed by atoms with Crippen LogP contribution in [0.2, 0.25) is 0 Å². The van der Waals surface area contributed by atoms with E-state index in [9.17, 15) is 14.0 Å². The van der Waals surface area contributed by atoms with Gasteiger partial charge in [0.05, 0.1) is 0 Å². The van der Waals surface area contributed by atoms with E-state index in [1.807, 2.05) is 44.2 Å². The van der Waals surface area contributed by atoms with Crippen molar-refractivity contribution in [3.63, 3.8) is 0 Å². The predicted octanol–water partition coefficient (Wildman–Crippen LogP) is 4.14. The van der Waals surface area contributed by atoms with Gasteiger partial charge in [-0.2, -0.15) is 0 Å². The third-order valence-corrected chi connectivity index (χ3v) is 5.18. The van der Waals surface area contributed by atoms with Crippen molar-refractivity contribution >= 4 is 34.0 Å². The van der Waals surface area contributed by atoms with Crippen molar-refractivity contribution in [1.82, 2.24) is 15.6 Å². The zero-order valence-corrected chi connectivity index (χ0v) is 18.2. The average molecular weight is 441 g/mol. The largest absolute Gasteiger partial charge is 0.354 e. The summed E-state index contributed by atoms with van der Waals surface area (Å²) in [7, 11) is 0. The van der Waals surface area contributed by atoms with E-state index in [1.165, 1.54) is 23.5 Å². The number of halogens is 1. The number of carbonyl (C=O) groups excluding carboxylic acids is 2. The first-order chi connectivity index (χ1) is 14.9. The van der Waals surface area contributed by atoms with Crippen LogP contribution in [-0.2, 0) is 11.2 Å². The van der Waals surface area contributed by atoms with E-state index >= 15 is 0 Å². The van der Waals surface area contributed by atoms with Gasteiger partial charge in [-0.15, -0.1) is 11.3 Å². The Morgan fingerprint density at radius 2 is 1.77 bits per heavy atom. The average Bonchev–Trinajstić information content (AvgIpc) is 3.22. The number of rotatable bonds is 9. The summed E-state index contributed by atoms with van der Waals surface area (Å²) in [5.74, 6) is -0.685. The standard InChI is InChI=1S/C23H25FN4O2S/c1-15(2)13-25-21(29)19(12-16-6-4-3-5-7-16)27-22(30)20-14-31-23(28-20)26-18-10-8-17(24)9-11-18/h3-11,14-15,19H,12-13H2,1-2H3,(H,25,29)(H,26,28)(H,27,30)/t19-/m0/s1. The predicted molar refractivity (Wildman–Crippen MR) is 121 cm³/mol. The Balaban J connectivity index is 1.68. The van der Waals surface area contributed by atoms with E-state index in [0.717, 1.165) is 5.56 Å². The van der Waals surface area contributed by atoms with Crippen LogP contribution in [0.5, 0.6) is 0 Å². The fourth-order valence-corrected chi connectivity index (χ4v) is 3.52. The highest BCUT2D eigenvalue weighted by Gasteiger charge is 2.23. The molecule has 0 spiro atoms. The van der Waals surface area contributed by atoms with Gasteiger partial charge in [0, 0.05) is 24.0 Å². The number of thiazole rings is 1. The van der Waals surface area contributed by atoms with Gasteiger partial charge in [-0.05, 0) is 35.7 Å². The molecule has 0 saturated carbocycles. The number of carbonyl (C=O) groups is 2. The molecule has 1 aromatic heterocycles. The van der Waals surface area contributed by atoms with E-state index in [4.69, 9.17) is 0 Å². The van der Waals surface area contributed by atoms with Crippen LogP contribution < -0.4 is 16.0 Å². The molecule has 0 aliphatic carbocycles. The first-order valence-corrected chi connectivity index (χ1v) is 10.9. The Labute approximate surface area is 184 Å². The zero-order valence-electron chi connectivity index (χ0n) is 17.4. The van der Waals surface area contributed by atoms with Gasteiger partial charge < -0.3 is 16.0 Å². The Bertz CT molecular complexity index is 1010. The molecule has 2 aromatic carbocycles. The lowest BCUT2D eigenvalue weighted by Gasteiger charge is -2.19. The molecule has 2 amide bonds. The molecular formula is C23H25FN4O2S. The fourth-order valence-electron chi connectivity index (χ4n) is 2.81. The highest BCUT2D eigenvalue weighted by molar-refractivity contribution is 7.14. The van der Waals surface area contributed by atoms with Crippen LogP contribution in [0.3, 0.4) is 0 Å². The van der Waals surface area contributed by atoms with Gasteiger partial charge in [-0.3, -0.25) is 9.59 Å². The summed E-state index contributed by atoms with van der Waals surface area (Å²) >= 11 is 1.25. The van der Waals surface area contributed by atoms with Crippen LogP contribution in [0, 0.1) is 11.7 Å². The van der Waals surface area contributed by atoms with E-state index in [0.29, 0.717) is 29.7 Å². The molecule has 31 heavy (non-hydrogen) atoms. The molecule has 3 N–H and O–H groups in total. The lowest BCUT2D eigenvalue weighted by molar-refractivity contribution is -0.123. The van der Waals surface area contributed by atoms with Crippen LogP contribution in [0.4, 0.5) is 15.2 Å². The lowest BCUT2D eigenvalue weighted by atomic mass is 10.0. The summed E-state index contributed by atoms with van der Waals surface area (Å²) in [6, 6.07) is 14.7. The maximum atomic E-state index is 13.1. The fraction of sp³-hybridized carbons (Fsp3) is 0.261. The zero-order chi connectivity index (χ0) is 22.2. The molecule has 1 atom stereocenters. The topological polar surface area (TPSA) is 83.1 Å². The molecular weight excluding hydrogens is 415 g/mol. The minimum atomic E-state index is -0.719. The van der Waals surface area contributed by atoms with Crippen molar-refractivity contribution in [3.8, 4) is 0 Å². The van der Waals surface area contributed by atoms with Crippen LogP contribution in [0.25, 0.3) is 0 Å². The SMILES string of the molecule is CC(C)CNC(=O)[C@H](Cc1ccccc1)NC(=O)c1csc(Nc2ccc(F)cc2)n1. The summed E-state index contributed by atoms with van der Waals surface area (Å²) in [5, 5.41) is 10.8. The molecule has 1 heterocycles. The molecule has 3 rings (SSSR count). The van der Waals surface area contributed by atoms with E-state index < -0.39 is 11.9 Å². The van der Waals surface area contributed by atoms with Crippen LogP contribution in [0.15, 0.2) is 60.0 Å². The number of aromatic nitrogens is 1. The van der Waals surface area contributed by atoms with Crippen molar-refractivity contribution in [2.45, 2.75) is 26.3 Å². The van der Waals surface area contributed by atoms with Crippen molar-refractivity contribution in [1.29, 1.82) is 0 Å². The van der Waals surface area contributed by atoms with E-state index in [-0.39, 0.29) is 17.4 Å². The quantitative estimate of drug-likeness (QED) is 0.467. The Morgan fingerprint density at radius 1 is 1.06 bits per heavy atom. The van der Waals surface area contributed by atoms with Crippen molar-refractivity contribution < 1.29 is 14.0 Å². The van der Waals surface area contributed by atoms with Gasteiger partial charge in [0.15, 0.2) is 5.13 Å².